The largest absolute Gasteiger partial charge is 0.507 e. The van der Waals surface area contributed by atoms with E-state index in [1.807, 2.05) is 44.2 Å². The van der Waals surface area contributed by atoms with Crippen molar-refractivity contribution in [2.75, 3.05) is 0 Å². The minimum absolute atomic E-state index is 0.243. The Morgan fingerprint density at radius 2 is 1.61 bits per heavy atom. The number of phenols is 2. The highest BCUT2D eigenvalue weighted by atomic mass is 16.3. The fourth-order valence-electron chi connectivity index (χ4n) is 2.31. The molecule has 0 atom stereocenters. The smallest absolute Gasteiger partial charge is 0.124 e. The normalized spacial score (nSPS) is 10.6. The summed E-state index contributed by atoms with van der Waals surface area (Å²) in [6.45, 7) is 3.95. The van der Waals surface area contributed by atoms with Crippen molar-refractivity contribution in [1.82, 2.24) is 0 Å². The summed E-state index contributed by atoms with van der Waals surface area (Å²) in [7, 11) is 0. The second kappa shape index (κ2) is 5.13. The van der Waals surface area contributed by atoms with Crippen LogP contribution in [-0.2, 0) is 12.8 Å². The molecular weight excluding hydrogens is 224 g/mol. The molecule has 2 aromatic carbocycles. The first-order valence-corrected chi connectivity index (χ1v) is 6.31. The molecule has 2 nitrogen and oxygen atoms in total. The molecule has 0 amide bonds. The molecule has 0 unspecified atom stereocenters. The SMILES string of the molecule is CCc1cc(O)c(-c2ccccc2)c(CC)c1O. The molecule has 0 heterocycles. The lowest BCUT2D eigenvalue weighted by atomic mass is 9.93. The van der Waals surface area contributed by atoms with Crippen LogP contribution in [0.25, 0.3) is 11.1 Å². The van der Waals surface area contributed by atoms with Crippen LogP contribution in [0.4, 0.5) is 0 Å². The molecule has 2 N–H and O–H groups in total. The van der Waals surface area contributed by atoms with Crippen molar-refractivity contribution < 1.29 is 10.2 Å². The van der Waals surface area contributed by atoms with Gasteiger partial charge in [0.2, 0.25) is 0 Å². The van der Waals surface area contributed by atoms with Crippen LogP contribution >= 0.6 is 0 Å². The Bertz CT molecular complexity index is 545. The standard InChI is InChI=1S/C16H18O2/c1-3-11-10-14(17)15(13(4-2)16(11)18)12-8-6-5-7-9-12/h5-10,17-18H,3-4H2,1-2H3. The van der Waals surface area contributed by atoms with Gasteiger partial charge in [0.15, 0.2) is 0 Å². The van der Waals surface area contributed by atoms with E-state index < -0.39 is 0 Å². The number of benzene rings is 2. The lowest BCUT2D eigenvalue weighted by Crippen LogP contribution is -1.94. The Kier molecular flexibility index (Phi) is 3.56. The number of rotatable bonds is 3. The molecule has 0 spiro atoms. The highest BCUT2D eigenvalue weighted by Crippen LogP contribution is 2.40. The van der Waals surface area contributed by atoms with Gasteiger partial charge in [0.1, 0.15) is 11.5 Å². The quantitative estimate of drug-likeness (QED) is 0.802. The molecule has 2 heteroatoms. The maximum absolute atomic E-state index is 10.2. The van der Waals surface area contributed by atoms with Gasteiger partial charge in [-0.15, -0.1) is 0 Å². The molecule has 0 radical (unpaired) electrons. The second-order valence-electron chi connectivity index (χ2n) is 4.33. The van der Waals surface area contributed by atoms with Crippen molar-refractivity contribution in [3.63, 3.8) is 0 Å². The van der Waals surface area contributed by atoms with Crippen LogP contribution in [0.1, 0.15) is 25.0 Å². The number of hydrogen-bond donors (Lipinski definition) is 2. The maximum atomic E-state index is 10.2. The van der Waals surface area contributed by atoms with E-state index in [-0.39, 0.29) is 5.75 Å². The van der Waals surface area contributed by atoms with Gasteiger partial charge in [0, 0.05) is 11.1 Å². The van der Waals surface area contributed by atoms with Crippen molar-refractivity contribution in [2.45, 2.75) is 26.7 Å². The molecule has 18 heavy (non-hydrogen) atoms. The maximum Gasteiger partial charge on any atom is 0.124 e. The van der Waals surface area contributed by atoms with Crippen molar-refractivity contribution in [2.24, 2.45) is 0 Å². The molecule has 0 aromatic heterocycles. The Balaban J connectivity index is 2.71. The molecule has 0 saturated carbocycles. The van der Waals surface area contributed by atoms with Crippen molar-refractivity contribution in [1.29, 1.82) is 0 Å². The third-order valence-electron chi connectivity index (χ3n) is 3.26. The predicted octanol–water partition coefficient (Wildman–Crippen LogP) is 3.89. The van der Waals surface area contributed by atoms with Crippen LogP contribution in [0.3, 0.4) is 0 Å². The van der Waals surface area contributed by atoms with Gasteiger partial charge in [-0.2, -0.15) is 0 Å². The van der Waals surface area contributed by atoms with Gasteiger partial charge < -0.3 is 10.2 Å². The molecule has 2 aromatic rings. The molecular formula is C16H18O2. The van der Waals surface area contributed by atoms with Gasteiger partial charge in [-0.05, 0) is 30.0 Å². The summed E-state index contributed by atoms with van der Waals surface area (Å²) in [5.41, 5.74) is 3.29. The number of aryl methyl sites for hydroxylation is 1. The summed E-state index contributed by atoms with van der Waals surface area (Å²) in [5.74, 6) is 0.560. The first-order chi connectivity index (χ1) is 8.69. The summed E-state index contributed by atoms with van der Waals surface area (Å²) in [6, 6.07) is 11.3. The van der Waals surface area contributed by atoms with Crippen LogP contribution in [-0.4, -0.2) is 10.2 Å². The monoisotopic (exact) mass is 242 g/mol. The first-order valence-electron chi connectivity index (χ1n) is 6.31. The van der Waals surface area contributed by atoms with E-state index in [9.17, 15) is 10.2 Å². The van der Waals surface area contributed by atoms with Gasteiger partial charge in [0.25, 0.3) is 0 Å². The summed E-state index contributed by atoms with van der Waals surface area (Å²) >= 11 is 0. The van der Waals surface area contributed by atoms with E-state index in [2.05, 4.69) is 0 Å². The summed E-state index contributed by atoms with van der Waals surface area (Å²) < 4.78 is 0. The Labute approximate surface area is 108 Å². The fourth-order valence-corrected chi connectivity index (χ4v) is 2.31. The zero-order chi connectivity index (χ0) is 13.1. The second-order valence-corrected chi connectivity index (χ2v) is 4.33. The van der Waals surface area contributed by atoms with Crippen LogP contribution < -0.4 is 0 Å². The first kappa shape index (κ1) is 12.5. The van der Waals surface area contributed by atoms with E-state index in [4.69, 9.17) is 0 Å². The highest BCUT2D eigenvalue weighted by Gasteiger charge is 2.16. The van der Waals surface area contributed by atoms with Crippen LogP contribution in [0.15, 0.2) is 36.4 Å². The molecule has 0 aliphatic rings. The van der Waals surface area contributed by atoms with E-state index in [0.29, 0.717) is 18.6 Å². The van der Waals surface area contributed by atoms with Crippen molar-refractivity contribution >= 4 is 0 Å². The number of aromatic hydroxyl groups is 2. The molecule has 0 aliphatic carbocycles. The fraction of sp³-hybridized carbons (Fsp3) is 0.250. The third kappa shape index (κ3) is 2.06. The number of phenolic OH excluding ortho intramolecular Hbond substituents is 2. The van der Waals surface area contributed by atoms with E-state index in [0.717, 1.165) is 22.3 Å². The van der Waals surface area contributed by atoms with E-state index >= 15 is 0 Å². The molecule has 2 rings (SSSR count). The minimum atomic E-state index is 0.243. The average molecular weight is 242 g/mol. The van der Waals surface area contributed by atoms with E-state index in [1.54, 1.807) is 6.07 Å². The molecule has 0 aliphatic heterocycles. The molecule has 94 valence electrons. The third-order valence-corrected chi connectivity index (χ3v) is 3.26. The van der Waals surface area contributed by atoms with Crippen molar-refractivity contribution in [3.05, 3.63) is 47.5 Å². The molecule has 0 bridgehead atoms. The predicted molar refractivity (Wildman–Crippen MR) is 74.0 cm³/mol. The van der Waals surface area contributed by atoms with Crippen LogP contribution in [0.5, 0.6) is 11.5 Å². The van der Waals surface area contributed by atoms with Gasteiger partial charge in [0.05, 0.1) is 0 Å². The number of hydrogen-bond acceptors (Lipinski definition) is 2. The highest BCUT2D eigenvalue weighted by molar-refractivity contribution is 5.77. The summed E-state index contributed by atoms with van der Waals surface area (Å²) in [6.07, 6.45) is 1.40. The van der Waals surface area contributed by atoms with Crippen LogP contribution in [0.2, 0.25) is 0 Å². The Hall–Kier alpha value is -1.96. The molecule has 0 fully saturated rings. The summed E-state index contributed by atoms with van der Waals surface area (Å²) in [4.78, 5) is 0. The minimum Gasteiger partial charge on any atom is -0.507 e. The Morgan fingerprint density at radius 1 is 0.944 bits per heavy atom. The lowest BCUT2D eigenvalue weighted by Gasteiger charge is -2.15. The lowest BCUT2D eigenvalue weighted by molar-refractivity contribution is 0.450. The summed E-state index contributed by atoms with van der Waals surface area (Å²) in [5, 5.41) is 20.4. The van der Waals surface area contributed by atoms with Crippen LogP contribution in [0, 0.1) is 0 Å². The van der Waals surface area contributed by atoms with Gasteiger partial charge >= 0.3 is 0 Å². The van der Waals surface area contributed by atoms with Gasteiger partial charge in [-0.1, -0.05) is 44.2 Å². The van der Waals surface area contributed by atoms with Gasteiger partial charge in [-0.25, -0.2) is 0 Å². The van der Waals surface area contributed by atoms with Gasteiger partial charge in [-0.3, -0.25) is 0 Å². The van der Waals surface area contributed by atoms with E-state index in [1.165, 1.54) is 0 Å². The Morgan fingerprint density at radius 3 is 2.17 bits per heavy atom. The van der Waals surface area contributed by atoms with Crippen molar-refractivity contribution in [3.8, 4) is 22.6 Å². The molecule has 0 saturated heterocycles. The zero-order valence-electron chi connectivity index (χ0n) is 10.8. The zero-order valence-corrected chi connectivity index (χ0v) is 10.8. The topological polar surface area (TPSA) is 40.5 Å². The average Bonchev–Trinajstić information content (AvgIpc) is 2.41.